The molecule has 8 aromatic rings. The summed E-state index contributed by atoms with van der Waals surface area (Å²) < 4.78 is 2.20. The maximum atomic E-state index is 3.72. The van der Waals surface area contributed by atoms with Gasteiger partial charge < -0.3 is 0 Å². The molecule has 0 atom stereocenters. The molecule has 0 aliphatic heterocycles. The largest absolute Gasteiger partial charge is 0.0616 e. The predicted octanol–water partition coefficient (Wildman–Crippen LogP) is 11.8. The third kappa shape index (κ3) is 3.27. The fraction of sp³-hybridized carbons (Fsp3) is 0. The van der Waals surface area contributed by atoms with Crippen molar-refractivity contribution >= 4 is 96.5 Å². The summed E-state index contributed by atoms with van der Waals surface area (Å²) in [5.74, 6) is 0. The summed E-state index contributed by atoms with van der Waals surface area (Å²) in [5, 5.41) is 15.4. The van der Waals surface area contributed by atoms with E-state index in [1.165, 1.54) is 75.8 Å². The topological polar surface area (TPSA) is 0 Å². The number of hydrogen-bond acceptors (Lipinski definition) is 0. The van der Waals surface area contributed by atoms with E-state index in [2.05, 4.69) is 153 Å². The second-order valence-electron chi connectivity index (χ2n) is 9.99. The highest BCUT2D eigenvalue weighted by Gasteiger charge is 2.13. The zero-order chi connectivity index (χ0) is 25.4. The van der Waals surface area contributed by atoms with Crippen LogP contribution >= 0.6 is 31.9 Å². The van der Waals surface area contributed by atoms with Gasteiger partial charge in [0.05, 0.1) is 0 Å². The van der Waals surface area contributed by atoms with Crippen molar-refractivity contribution in [3.63, 3.8) is 0 Å². The minimum Gasteiger partial charge on any atom is -0.0616 e. The van der Waals surface area contributed by atoms with Crippen molar-refractivity contribution in [3.8, 4) is 11.1 Å². The van der Waals surface area contributed by atoms with Gasteiger partial charge in [0.25, 0.3) is 0 Å². The molecule has 0 heterocycles. The molecule has 0 aromatic heterocycles. The van der Waals surface area contributed by atoms with Crippen LogP contribution in [0.3, 0.4) is 0 Å². The lowest BCUT2D eigenvalue weighted by Gasteiger charge is -2.14. The zero-order valence-corrected chi connectivity index (χ0v) is 23.5. The first-order chi connectivity index (χ1) is 18.7. The molecule has 0 aliphatic carbocycles. The quantitative estimate of drug-likeness (QED) is 0.162. The zero-order valence-electron chi connectivity index (χ0n) is 20.3. The van der Waals surface area contributed by atoms with E-state index in [0.29, 0.717) is 0 Å². The molecular formula is C36H20Br2. The summed E-state index contributed by atoms with van der Waals surface area (Å²) in [6.07, 6.45) is 0. The fourth-order valence-corrected chi connectivity index (χ4v) is 6.94. The molecule has 0 unspecified atom stereocenters. The molecule has 0 saturated carbocycles. The molecule has 0 spiro atoms. The molecule has 0 amide bonds. The summed E-state index contributed by atoms with van der Waals surface area (Å²) >= 11 is 7.41. The third-order valence-electron chi connectivity index (χ3n) is 7.93. The van der Waals surface area contributed by atoms with E-state index in [4.69, 9.17) is 0 Å². The third-order valence-corrected chi connectivity index (χ3v) is 8.92. The lowest BCUT2D eigenvalue weighted by atomic mass is 9.90. The molecular weight excluding hydrogens is 592 g/mol. The highest BCUT2D eigenvalue weighted by Crippen LogP contribution is 2.41. The molecule has 0 radical (unpaired) electrons. The summed E-state index contributed by atoms with van der Waals surface area (Å²) in [6.45, 7) is 0. The number of halogens is 2. The second kappa shape index (κ2) is 8.39. The van der Waals surface area contributed by atoms with E-state index < -0.39 is 0 Å². The Morgan fingerprint density at radius 1 is 0.263 bits per heavy atom. The van der Waals surface area contributed by atoms with Gasteiger partial charge in [-0.2, -0.15) is 0 Å². The Bertz CT molecular complexity index is 2260. The summed E-state index contributed by atoms with van der Waals surface area (Å²) in [7, 11) is 0. The highest BCUT2D eigenvalue weighted by molar-refractivity contribution is 9.10. The Labute approximate surface area is 236 Å². The van der Waals surface area contributed by atoms with Crippen LogP contribution in [0.1, 0.15) is 0 Å². The molecule has 8 aromatic carbocycles. The van der Waals surface area contributed by atoms with Crippen molar-refractivity contribution in [1.29, 1.82) is 0 Å². The SMILES string of the molecule is Brc1ccc2c(c1)c1ccccc1c1ccc(-c3ccc4c5ccccc5c5ccc(Br)cc5c4c3)cc12. The van der Waals surface area contributed by atoms with Crippen LogP contribution in [-0.2, 0) is 0 Å². The van der Waals surface area contributed by atoms with Gasteiger partial charge in [-0.1, -0.05) is 117 Å². The average Bonchev–Trinajstić information content (AvgIpc) is 2.97. The van der Waals surface area contributed by atoms with Gasteiger partial charge in [-0.3, -0.25) is 0 Å². The van der Waals surface area contributed by atoms with Gasteiger partial charge in [0, 0.05) is 8.95 Å². The van der Waals surface area contributed by atoms with Gasteiger partial charge in [0.2, 0.25) is 0 Å². The van der Waals surface area contributed by atoms with Gasteiger partial charge in [-0.15, -0.1) is 0 Å². The van der Waals surface area contributed by atoms with Gasteiger partial charge in [0.1, 0.15) is 0 Å². The van der Waals surface area contributed by atoms with Crippen molar-refractivity contribution in [1.82, 2.24) is 0 Å². The van der Waals surface area contributed by atoms with Gasteiger partial charge in [-0.05, 0) is 112 Å². The molecule has 0 N–H and O–H groups in total. The Kier molecular flexibility index (Phi) is 4.92. The first-order valence-corrected chi connectivity index (χ1v) is 14.3. The minimum atomic E-state index is 1.10. The van der Waals surface area contributed by atoms with Crippen LogP contribution in [0, 0.1) is 0 Å². The Morgan fingerprint density at radius 3 is 1.03 bits per heavy atom. The van der Waals surface area contributed by atoms with Gasteiger partial charge >= 0.3 is 0 Å². The van der Waals surface area contributed by atoms with Crippen LogP contribution in [0.5, 0.6) is 0 Å². The Balaban J connectivity index is 1.45. The van der Waals surface area contributed by atoms with Crippen molar-refractivity contribution < 1.29 is 0 Å². The molecule has 2 heteroatoms. The number of benzene rings is 8. The van der Waals surface area contributed by atoms with Crippen LogP contribution in [0.15, 0.2) is 130 Å². The predicted molar refractivity (Wildman–Crippen MR) is 172 cm³/mol. The van der Waals surface area contributed by atoms with Crippen molar-refractivity contribution in [3.05, 3.63) is 130 Å². The second-order valence-corrected chi connectivity index (χ2v) is 11.8. The van der Waals surface area contributed by atoms with Crippen LogP contribution in [0.25, 0.3) is 75.8 Å². The smallest absolute Gasteiger partial charge is 0.0181 e. The highest BCUT2D eigenvalue weighted by atomic mass is 79.9. The molecule has 38 heavy (non-hydrogen) atoms. The van der Waals surface area contributed by atoms with Crippen LogP contribution in [0.4, 0.5) is 0 Å². The molecule has 8 rings (SSSR count). The van der Waals surface area contributed by atoms with Crippen LogP contribution in [0.2, 0.25) is 0 Å². The van der Waals surface area contributed by atoms with Gasteiger partial charge in [0.15, 0.2) is 0 Å². The Hall–Kier alpha value is -3.72. The molecule has 0 bridgehead atoms. The molecule has 0 aliphatic rings. The summed E-state index contributed by atoms with van der Waals surface area (Å²) in [4.78, 5) is 0. The molecule has 178 valence electrons. The lowest BCUT2D eigenvalue weighted by molar-refractivity contribution is 1.69. The summed E-state index contributed by atoms with van der Waals surface area (Å²) in [5.41, 5.74) is 2.46. The van der Waals surface area contributed by atoms with Crippen molar-refractivity contribution in [2.24, 2.45) is 0 Å². The van der Waals surface area contributed by atoms with Crippen molar-refractivity contribution in [2.45, 2.75) is 0 Å². The first-order valence-electron chi connectivity index (χ1n) is 12.7. The molecule has 0 saturated heterocycles. The minimum absolute atomic E-state index is 1.10. The van der Waals surface area contributed by atoms with Crippen LogP contribution < -0.4 is 0 Å². The van der Waals surface area contributed by atoms with Gasteiger partial charge in [-0.25, -0.2) is 0 Å². The van der Waals surface area contributed by atoms with E-state index in [9.17, 15) is 0 Å². The van der Waals surface area contributed by atoms with E-state index in [0.717, 1.165) is 8.95 Å². The number of hydrogen-bond donors (Lipinski definition) is 0. The maximum Gasteiger partial charge on any atom is 0.0181 e. The van der Waals surface area contributed by atoms with E-state index in [-0.39, 0.29) is 0 Å². The van der Waals surface area contributed by atoms with E-state index >= 15 is 0 Å². The standard InChI is InChI=1S/C36H20Br2/c37-23-12-16-32-33-17-21(9-13-29(33)27-7-3-4-8-28(27)35(32)19-23)22-10-14-30-25-5-1-2-6-26(25)31-15-11-24(38)20-36(31)34(30)18-22/h1-20H. The normalized spacial score (nSPS) is 11.9. The van der Waals surface area contributed by atoms with Crippen molar-refractivity contribution in [2.75, 3.05) is 0 Å². The maximum absolute atomic E-state index is 3.72. The summed E-state index contributed by atoms with van der Waals surface area (Å²) in [6, 6.07) is 44.6. The molecule has 0 fully saturated rings. The number of rotatable bonds is 1. The molecule has 0 nitrogen and oxygen atoms in total. The van der Waals surface area contributed by atoms with E-state index in [1.807, 2.05) is 0 Å². The average molecular weight is 612 g/mol. The number of fused-ring (bicyclic) bond motifs is 12. The van der Waals surface area contributed by atoms with E-state index in [1.54, 1.807) is 0 Å². The fourth-order valence-electron chi connectivity index (χ4n) is 6.22. The lowest BCUT2D eigenvalue weighted by Crippen LogP contribution is -1.87. The monoisotopic (exact) mass is 610 g/mol. The Morgan fingerprint density at radius 2 is 0.553 bits per heavy atom. The van der Waals surface area contributed by atoms with Crippen LogP contribution in [-0.4, -0.2) is 0 Å². The first kappa shape index (κ1) is 22.3.